The van der Waals surface area contributed by atoms with E-state index in [0.29, 0.717) is 30.3 Å². The topological polar surface area (TPSA) is 86.2 Å². The number of benzene rings is 1. The van der Waals surface area contributed by atoms with E-state index >= 15 is 0 Å². The molecule has 1 unspecified atom stereocenters. The molecule has 2 aliphatic heterocycles. The minimum absolute atomic E-state index is 0.0494. The van der Waals surface area contributed by atoms with Crippen LogP contribution in [0.4, 0.5) is 14.5 Å². The highest BCUT2D eigenvalue weighted by molar-refractivity contribution is 6.30. The van der Waals surface area contributed by atoms with Crippen LogP contribution in [-0.2, 0) is 11.3 Å². The summed E-state index contributed by atoms with van der Waals surface area (Å²) >= 11 is 6.16. The largest absolute Gasteiger partial charge is 0.376 e. The number of ether oxygens (including phenoxy) is 1. The van der Waals surface area contributed by atoms with Crippen molar-refractivity contribution in [2.45, 2.75) is 76.2 Å². The third-order valence-electron chi connectivity index (χ3n) is 8.85. The number of pyridine rings is 1. The molecule has 2 N–H and O–H groups in total. The molecule has 6 rings (SSSR count). The first kappa shape index (κ1) is 27.4. The first-order chi connectivity index (χ1) is 19.1. The molecule has 4 heterocycles. The number of anilines is 1. The van der Waals surface area contributed by atoms with Crippen LogP contribution in [0.5, 0.6) is 0 Å². The van der Waals surface area contributed by atoms with Gasteiger partial charge < -0.3 is 14.2 Å². The van der Waals surface area contributed by atoms with Crippen molar-refractivity contribution < 1.29 is 13.5 Å². The zero-order valence-electron chi connectivity index (χ0n) is 22.9. The van der Waals surface area contributed by atoms with E-state index in [0.717, 1.165) is 42.6 Å². The molecule has 40 heavy (non-hydrogen) atoms. The predicted octanol–water partition coefficient (Wildman–Crippen LogP) is 5.29. The number of piperazine rings is 1. The lowest BCUT2D eigenvalue weighted by Crippen LogP contribution is -2.59. The molecule has 3 aliphatic rings. The van der Waals surface area contributed by atoms with E-state index < -0.39 is 5.92 Å². The van der Waals surface area contributed by atoms with Gasteiger partial charge in [0.1, 0.15) is 16.7 Å². The molecule has 1 aromatic carbocycles. The van der Waals surface area contributed by atoms with Gasteiger partial charge in [0, 0.05) is 61.8 Å². The van der Waals surface area contributed by atoms with Gasteiger partial charge in [0.25, 0.3) is 0 Å². The number of imidazole rings is 1. The standard InChI is InChI=1S/C29H36ClF2N7O/c1-18-14-38(27(21-11-29(31,32)12-21)20-5-7-22(30)8-6-20)19(2)13-37(18)24-10-25(34)39(16-33)28-26(24)35-17-36(28)15-23-4-3-9-40-23/h5-8,10,16-19,21,23,27,33-34H,3-4,9,11-15H2,1-2H3/t18-,19+,23-,27?/m0/s1. The van der Waals surface area contributed by atoms with Gasteiger partial charge in [0.2, 0.25) is 5.92 Å². The van der Waals surface area contributed by atoms with Gasteiger partial charge in [0.15, 0.2) is 0 Å². The van der Waals surface area contributed by atoms with Crippen molar-refractivity contribution in [1.82, 2.24) is 19.0 Å². The van der Waals surface area contributed by atoms with E-state index in [1.807, 2.05) is 28.8 Å². The van der Waals surface area contributed by atoms with Crippen LogP contribution in [0.15, 0.2) is 36.7 Å². The molecule has 0 amide bonds. The van der Waals surface area contributed by atoms with Crippen molar-refractivity contribution in [2.75, 3.05) is 24.6 Å². The number of hydrogen-bond acceptors (Lipinski definition) is 6. The Bertz CT molecular complexity index is 1440. The summed E-state index contributed by atoms with van der Waals surface area (Å²) in [4.78, 5) is 9.43. The van der Waals surface area contributed by atoms with E-state index in [1.165, 1.54) is 0 Å². The van der Waals surface area contributed by atoms with Gasteiger partial charge in [-0.1, -0.05) is 23.7 Å². The minimum atomic E-state index is -2.60. The minimum Gasteiger partial charge on any atom is -0.376 e. The van der Waals surface area contributed by atoms with Crippen LogP contribution in [0.3, 0.4) is 0 Å². The van der Waals surface area contributed by atoms with Gasteiger partial charge in [-0.15, -0.1) is 0 Å². The fourth-order valence-electron chi connectivity index (χ4n) is 6.88. The summed E-state index contributed by atoms with van der Waals surface area (Å²) in [5, 5.41) is 17.4. The predicted molar refractivity (Wildman–Crippen MR) is 152 cm³/mol. The van der Waals surface area contributed by atoms with Crippen LogP contribution in [0.2, 0.25) is 5.02 Å². The number of fused-ring (bicyclic) bond motifs is 1. The SMILES string of the molecule is C[C@@H]1CN(c2cc(=N)n(C=N)c3c2ncn3C[C@@H]2CCCO2)[C@@H](C)CN1C(c1ccc(Cl)cc1)C1CC(F)(F)C1. The Morgan fingerprint density at radius 3 is 2.58 bits per heavy atom. The molecule has 0 bridgehead atoms. The summed E-state index contributed by atoms with van der Waals surface area (Å²) in [5.41, 5.74) is 3.56. The Labute approximate surface area is 237 Å². The zero-order valence-corrected chi connectivity index (χ0v) is 23.6. The molecule has 0 spiro atoms. The molecule has 11 heteroatoms. The second-order valence-electron chi connectivity index (χ2n) is 11.7. The second kappa shape index (κ2) is 10.5. The lowest BCUT2D eigenvalue weighted by Gasteiger charge is -2.52. The lowest BCUT2D eigenvalue weighted by atomic mass is 9.73. The Hall–Kier alpha value is -2.82. The number of halogens is 3. The molecule has 214 valence electrons. The van der Waals surface area contributed by atoms with Crippen LogP contribution in [0.1, 0.15) is 51.1 Å². The molecule has 2 saturated heterocycles. The van der Waals surface area contributed by atoms with Crippen LogP contribution in [-0.4, -0.2) is 69.2 Å². The molecule has 4 atom stereocenters. The van der Waals surface area contributed by atoms with E-state index in [4.69, 9.17) is 32.1 Å². The van der Waals surface area contributed by atoms with Gasteiger partial charge >= 0.3 is 0 Å². The van der Waals surface area contributed by atoms with Gasteiger partial charge in [-0.05, 0) is 50.3 Å². The summed E-state index contributed by atoms with van der Waals surface area (Å²) in [7, 11) is 0. The molecule has 1 saturated carbocycles. The summed E-state index contributed by atoms with van der Waals surface area (Å²) < 4.78 is 37.5. The summed E-state index contributed by atoms with van der Waals surface area (Å²) in [6.07, 6.45) is 4.86. The summed E-state index contributed by atoms with van der Waals surface area (Å²) in [6, 6.07) is 9.41. The molecule has 3 fully saturated rings. The Morgan fingerprint density at radius 1 is 1.18 bits per heavy atom. The van der Waals surface area contributed by atoms with Crippen LogP contribution >= 0.6 is 11.6 Å². The molecule has 0 radical (unpaired) electrons. The maximum atomic E-state index is 14.0. The fraction of sp³-hybridized carbons (Fsp3) is 0.552. The number of rotatable bonds is 7. The number of nitrogens with zero attached hydrogens (tertiary/aromatic N) is 5. The maximum Gasteiger partial charge on any atom is 0.248 e. The Balaban J connectivity index is 1.32. The number of nitrogens with one attached hydrogen (secondary N) is 2. The number of alkyl halides is 2. The Kier molecular flexibility index (Phi) is 7.21. The summed E-state index contributed by atoms with van der Waals surface area (Å²) in [6.45, 7) is 7.02. The summed E-state index contributed by atoms with van der Waals surface area (Å²) in [5.74, 6) is -2.72. The third kappa shape index (κ3) is 4.94. The van der Waals surface area contributed by atoms with Crippen molar-refractivity contribution in [3.63, 3.8) is 0 Å². The highest BCUT2D eigenvalue weighted by Gasteiger charge is 2.51. The van der Waals surface area contributed by atoms with E-state index in [2.05, 4.69) is 23.6 Å². The van der Waals surface area contributed by atoms with Crippen molar-refractivity contribution in [2.24, 2.45) is 5.92 Å². The van der Waals surface area contributed by atoms with Crippen molar-refractivity contribution in [3.8, 4) is 0 Å². The fourth-order valence-corrected chi connectivity index (χ4v) is 7.01. The van der Waals surface area contributed by atoms with Gasteiger partial charge in [-0.2, -0.15) is 0 Å². The van der Waals surface area contributed by atoms with Gasteiger partial charge in [-0.3, -0.25) is 20.3 Å². The lowest BCUT2D eigenvalue weighted by molar-refractivity contribution is -0.137. The quantitative estimate of drug-likeness (QED) is 0.298. The third-order valence-corrected chi connectivity index (χ3v) is 9.10. The highest BCUT2D eigenvalue weighted by atomic mass is 35.5. The molecule has 8 nitrogen and oxygen atoms in total. The first-order valence-corrected chi connectivity index (χ1v) is 14.5. The van der Waals surface area contributed by atoms with E-state index in [1.54, 1.807) is 17.0 Å². The molecule has 3 aromatic rings. The normalized spacial score (nSPS) is 26.2. The molecule has 1 aliphatic carbocycles. The van der Waals surface area contributed by atoms with Crippen molar-refractivity contribution in [1.29, 1.82) is 10.8 Å². The molecule has 2 aromatic heterocycles. The van der Waals surface area contributed by atoms with Crippen LogP contribution < -0.4 is 10.4 Å². The average Bonchev–Trinajstić information content (AvgIpc) is 3.56. The molecular weight excluding hydrogens is 536 g/mol. The zero-order chi connectivity index (χ0) is 28.2. The van der Waals surface area contributed by atoms with Crippen molar-refractivity contribution in [3.05, 3.63) is 52.7 Å². The number of hydrogen-bond donors (Lipinski definition) is 2. The maximum absolute atomic E-state index is 14.0. The molecular formula is C29H36ClF2N7O. The second-order valence-corrected chi connectivity index (χ2v) is 12.1. The van der Waals surface area contributed by atoms with Crippen LogP contribution in [0.25, 0.3) is 11.2 Å². The van der Waals surface area contributed by atoms with Gasteiger partial charge in [0.05, 0.1) is 31.0 Å². The number of aromatic nitrogens is 3. The smallest absolute Gasteiger partial charge is 0.248 e. The van der Waals surface area contributed by atoms with Gasteiger partial charge in [-0.25, -0.2) is 13.8 Å². The van der Waals surface area contributed by atoms with E-state index in [-0.39, 0.29) is 48.5 Å². The van der Waals surface area contributed by atoms with E-state index in [9.17, 15) is 8.78 Å². The van der Waals surface area contributed by atoms with Crippen LogP contribution in [0, 0.1) is 16.7 Å². The first-order valence-electron chi connectivity index (χ1n) is 14.1. The highest BCUT2D eigenvalue weighted by Crippen LogP contribution is 2.51. The van der Waals surface area contributed by atoms with Crippen molar-refractivity contribution >= 4 is 34.8 Å². The monoisotopic (exact) mass is 571 g/mol. The average molecular weight is 572 g/mol. The Morgan fingerprint density at radius 2 is 1.93 bits per heavy atom.